The van der Waals surface area contributed by atoms with Gasteiger partial charge in [0.15, 0.2) is 11.6 Å². The van der Waals surface area contributed by atoms with Crippen molar-refractivity contribution in [3.05, 3.63) is 35.4 Å². The van der Waals surface area contributed by atoms with Gasteiger partial charge in [-0.1, -0.05) is 24.3 Å². The number of hydrogen-bond donors (Lipinski definition) is 2. The van der Waals surface area contributed by atoms with Gasteiger partial charge in [-0.3, -0.25) is 9.59 Å². The smallest absolute Gasteiger partial charge is 0.198 e. The topological polar surface area (TPSA) is 86.2 Å². The van der Waals surface area contributed by atoms with Crippen LogP contribution in [0.5, 0.6) is 0 Å². The van der Waals surface area contributed by atoms with E-state index in [0.717, 1.165) is 0 Å². The normalized spacial score (nSPS) is 19.3. The molecule has 0 saturated carbocycles. The van der Waals surface area contributed by atoms with Crippen LogP contribution in [0.4, 0.5) is 0 Å². The number of Topliss-reactive ketones (excluding diaryl/α,β-unsaturated/α-hetero) is 2. The Morgan fingerprint density at radius 3 is 2.29 bits per heavy atom. The Balaban J connectivity index is 2.63. The van der Waals surface area contributed by atoms with Gasteiger partial charge < -0.3 is 11.5 Å². The summed E-state index contributed by atoms with van der Waals surface area (Å²) in [6, 6.07) is 6.59. The molecular formula is C10H10N2O2. The number of fused-ring (bicyclic) bond motifs is 1. The van der Waals surface area contributed by atoms with Crippen LogP contribution < -0.4 is 11.5 Å². The van der Waals surface area contributed by atoms with Gasteiger partial charge in [0.25, 0.3) is 0 Å². The fourth-order valence-corrected chi connectivity index (χ4v) is 1.62. The predicted molar refractivity (Wildman–Crippen MR) is 50.8 cm³/mol. The molecule has 0 unspecified atom stereocenters. The molecule has 0 spiro atoms. The van der Waals surface area contributed by atoms with Crippen molar-refractivity contribution in [2.24, 2.45) is 11.5 Å². The van der Waals surface area contributed by atoms with Crippen molar-refractivity contribution < 1.29 is 9.59 Å². The van der Waals surface area contributed by atoms with E-state index in [0.29, 0.717) is 11.1 Å². The minimum atomic E-state index is -1.54. The average Bonchev–Trinajstić information content (AvgIpc) is 2.14. The Bertz CT molecular complexity index is 424. The highest BCUT2D eigenvalue weighted by molar-refractivity contribution is 6.17. The molecule has 4 N–H and O–H groups in total. The maximum absolute atomic E-state index is 11.7. The van der Waals surface area contributed by atoms with Crippen molar-refractivity contribution in [1.82, 2.24) is 0 Å². The summed E-state index contributed by atoms with van der Waals surface area (Å²) in [6.07, 6.45) is -0.122. The number of carbonyl (C=O) groups is 2. The van der Waals surface area contributed by atoms with Gasteiger partial charge in [0.1, 0.15) is 5.66 Å². The van der Waals surface area contributed by atoms with Crippen LogP contribution in [0.3, 0.4) is 0 Å². The number of rotatable bonds is 0. The average molecular weight is 190 g/mol. The summed E-state index contributed by atoms with van der Waals surface area (Å²) >= 11 is 0. The second kappa shape index (κ2) is 2.73. The van der Waals surface area contributed by atoms with Crippen LogP contribution in [0, 0.1) is 0 Å². The second-order valence-electron chi connectivity index (χ2n) is 3.52. The quantitative estimate of drug-likeness (QED) is 0.567. The molecule has 0 bridgehead atoms. The first-order valence-electron chi connectivity index (χ1n) is 4.27. The molecule has 0 saturated heterocycles. The number of hydrogen-bond acceptors (Lipinski definition) is 4. The van der Waals surface area contributed by atoms with E-state index in [9.17, 15) is 9.59 Å². The monoisotopic (exact) mass is 190 g/mol. The summed E-state index contributed by atoms with van der Waals surface area (Å²) in [5.74, 6) is -0.544. The van der Waals surface area contributed by atoms with Crippen LogP contribution in [0.1, 0.15) is 27.1 Å². The highest BCUT2D eigenvalue weighted by Crippen LogP contribution is 2.23. The van der Waals surface area contributed by atoms with E-state index >= 15 is 0 Å². The molecule has 0 fully saturated rings. The summed E-state index contributed by atoms with van der Waals surface area (Å²) in [6.45, 7) is 0. The number of carbonyl (C=O) groups excluding carboxylic acids is 2. The molecule has 0 amide bonds. The molecule has 0 atom stereocenters. The predicted octanol–water partition coefficient (Wildman–Crippen LogP) is 0.0694. The lowest BCUT2D eigenvalue weighted by Gasteiger charge is -2.27. The fraction of sp³-hybridized carbons (Fsp3) is 0.200. The van der Waals surface area contributed by atoms with Crippen molar-refractivity contribution >= 4 is 11.6 Å². The lowest BCUT2D eigenvalue weighted by atomic mass is 9.83. The van der Waals surface area contributed by atoms with E-state index in [4.69, 9.17) is 11.5 Å². The maximum Gasteiger partial charge on any atom is 0.198 e. The van der Waals surface area contributed by atoms with E-state index in [1.54, 1.807) is 24.3 Å². The van der Waals surface area contributed by atoms with Crippen LogP contribution in [-0.2, 0) is 0 Å². The van der Waals surface area contributed by atoms with Gasteiger partial charge in [0.05, 0.1) is 0 Å². The molecule has 72 valence electrons. The van der Waals surface area contributed by atoms with Gasteiger partial charge in [0.2, 0.25) is 0 Å². The highest BCUT2D eigenvalue weighted by atomic mass is 16.1. The van der Waals surface area contributed by atoms with E-state index < -0.39 is 5.66 Å². The Morgan fingerprint density at radius 2 is 1.64 bits per heavy atom. The lowest BCUT2D eigenvalue weighted by Crippen LogP contribution is -2.59. The van der Waals surface area contributed by atoms with E-state index in [1.165, 1.54) is 0 Å². The first-order chi connectivity index (χ1) is 6.52. The number of ketones is 2. The first kappa shape index (κ1) is 9.05. The van der Waals surface area contributed by atoms with E-state index in [1.807, 2.05) is 0 Å². The summed E-state index contributed by atoms with van der Waals surface area (Å²) < 4.78 is 0. The first-order valence-corrected chi connectivity index (χ1v) is 4.27. The summed E-state index contributed by atoms with van der Waals surface area (Å²) in [5.41, 5.74) is 10.3. The number of benzene rings is 1. The van der Waals surface area contributed by atoms with Gasteiger partial charge in [0, 0.05) is 17.5 Å². The molecule has 1 aliphatic rings. The minimum absolute atomic E-state index is 0.122. The zero-order valence-corrected chi connectivity index (χ0v) is 7.49. The zero-order valence-electron chi connectivity index (χ0n) is 7.49. The number of nitrogens with two attached hydrogens (primary N) is 2. The van der Waals surface area contributed by atoms with Crippen LogP contribution in [-0.4, -0.2) is 17.2 Å². The Kier molecular flexibility index (Phi) is 1.77. The van der Waals surface area contributed by atoms with Crippen molar-refractivity contribution in [1.29, 1.82) is 0 Å². The molecule has 1 aromatic rings. The van der Waals surface area contributed by atoms with Crippen molar-refractivity contribution in [2.75, 3.05) is 0 Å². The van der Waals surface area contributed by atoms with Crippen molar-refractivity contribution in [3.63, 3.8) is 0 Å². The van der Waals surface area contributed by atoms with E-state index in [-0.39, 0.29) is 18.0 Å². The van der Waals surface area contributed by atoms with Gasteiger partial charge in [-0.2, -0.15) is 0 Å². The van der Waals surface area contributed by atoms with Crippen LogP contribution in [0.2, 0.25) is 0 Å². The molecule has 1 aliphatic carbocycles. The van der Waals surface area contributed by atoms with Crippen LogP contribution in [0.15, 0.2) is 24.3 Å². The third kappa shape index (κ3) is 1.16. The largest absolute Gasteiger partial charge is 0.307 e. The van der Waals surface area contributed by atoms with Crippen LogP contribution in [0.25, 0.3) is 0 Å². The summed E-state index contributed by atoms with van der Waals surface area (Å²) in [4.78, 5) is 23.2. The molecule has 0 heterocycles. The standard InChI is InChI=1S/C10H10N2O2/c11-10(12)5-8(13)6-3-1-2-4-7(6)9(10)14/h1-4H,5,11-12H2. The van der Waals surface area contributed by atoms with E-state index in [2.05, 4.69) is 0 Å². The van der Waals surface area contributed by atoms with Gasteiger partial charge in [-0.25, -0.2) is 0 Å². The van der Waals surface area contributed by atoms with Crippen molar-refractivity contribution in [2.45, 2.75) is 12.1 Å². The molecule has 4 nitrogen and oxygen atoms in total. The highest BCUT2D eigenvalue weighted by Gasteiger charge is 2.39. The Morgan fingerprint density at radius 1 is 1.07 bits per heavy atom. The molecule has 4 heteroatoms. The molecule has 0 aromatic heterocycles. The van der Waals surface area contributed by atoms with Crippen LogP contribution >= 0.6 is 0 Å². The molecular weight excluding hydrogens is 180 g/mol. The SMILES string of the molecule is NC1(N)CC(=O)c2ccccc2C1=O. The molecule has 2 rings (SSSR count). The zero-order chi connectivity index (χ0) is 10.3. The summed E-state index contributed by atoms with van der Waals surface area (Å²) in [5, 5.41) is 0. The molecule has 1 aromatic carbocycles. The van der Waals surface area contributed by atoms with Gasteiger partial charge in [-0.15, -0.1) is 0 Å². The Labute approximate surface area is 80.9 Å². The maximum atomic E-state index is 11.7. The fourth-order valence-electron chi connectivity index (χ4n) is 1.62. The van der Waals surface area contributed by atoms with Crippen molar-refractivity contribution in [3.8, 4) is 0 Å². The molecule has 14 heavy (non-hydrogen) atoms. The van der Waals surface area contributed by atoms with Gasteiger partial charge in [-0.05, 0) is 0 Å². The minimum Gasteiger partial charge on any atom is -0.307 e. The lowest BCUT2D eigenvalue weighted by molar-refractivity contribution is 0.0795. The Hall–Kier alpha value is -1.52. The van der Waals surface area contributed by atoms with Gasteiger partial charge >= 0.3 is 0 Å². The third-order valence-corrected chi connectivity index (χ3v) is 2.35. The third-order valence-electron chi connectivity index (χ3n) is 2.35. The molecule has 0 radical (unpaired) electrons. The molecule has 0 aliphatic heterocycles. The second-order valence-corrected chi connectivity index (χ2v) is 3.52. The summed E-state index contributed by atoms with van der Waals surface area (Å²) in [7, 11) is 0.